The number of esters is 1. The Bertz CT molecular complexity index is 1030. The number of nitrogens with zero attached hydrogens (tertiary/aromatic N) is 1. The number of hydrogen-bond donors (Lipinski definition) is 1. The van der Waals surface area contributed by atoms with Gasteiger partial charge in [0, 0.05) is 5.56 Å². The Balaban J connectivity index is 1.67. The summed E-state index contributed by atoms with van der Waals surface area (Å²) in [5.74, 6) is -0.910. The molecule has 3 rings (SSSR count). The molecule has 1 N–H and O–H groups in total. The molecule has 3 aromatic rings. The minimum atomic E-state index is -0.639. The van der Waals surface area contributed by atoms with E-state index in [1.165, 1.54) is 37.6 Å². The monoisotopic (exact) mass is 392 g/mol. The molecule has 0 radical (unpaired) electrons. The first-order chi connectivity index (χ1) is 14.1. The Morgan fingerprint density at radius 3 is 2.34 bits per heavy atom. The predicted molar refractivity (Wildman–Crippen MR) is 106 cm³/mol. The van der Waals surface area contributed by atoms with Crippen LogP contribution in [0.1, 0.15) is 26.3 Å². The first-order valence-electron chi connectivity index (χ1n) is 8.61. The van der Waals surface area contributed by atoms with E-state index in [2.05, 4.69) is 10.5 Å². The molecule has 7 heteroatoms. The van der Waals surface area contributed by atoms with Crippen molar-refractivity contribution in [3.8, 4) is 11.5 Å². The van der Waals surface area contributed by atoms with Gasteiger partial charge in [0.2, 0.25) is 0 Å². The van der Waals surface area contributed by atoms with Crippen LogP contribution in [0.3, 0.4) is 0 Å². The molecule has 146 valence electrons. The van der Waals surface area contributed by atoms with E-state index in [0.29, 0.717) is 16.9 Å². The topological polar surface area (TPSA) is 77.0 Å². The lowest BCUT2D eigenvalue weighted by molar-refractivity contribution is 0.0729. The van der Waals surface area contributed by atoms with E-state index in [1.807, 2.05) is 6.07 Å². The average Bonchev–Trinajstić information content (AvgIpc) is 2.75. The van der Waals surface area contributed by atoms with E-state index in [4.69, 9.17) is 9.47 Å². The lowest BCUT2D eigenvalue weighted by atomic mass is 10.2. The minimum Gasteiger partial charge on any atom is -0.493 e. The number of halogens is 1. The van der Waals surface area contributed by atoms with Crippen LogP contribution in [0.15, 0.2) is 77.9 Å². The molecular weight excluding hydrogens is 375 g/mol. The fraction of sp³-hybridized carbons (Fsp3) is 0.0455. The van der Waals surface area contributed by atoms with Gasteiger partial charge in [-0.1, -0.05) is 18.2 Å². The molecule has 6 nitrogen and oxygen atoms in total. The molecule has 0 unspecified atom stereocenters. The zero-order valence-corrected chi connectivity index (χ0v) is 15.5. The van der Waals surface area contributed by atoms with Crippen molar-refractivity contribution in [2.75, 3.05) is 7.11 Å². The molecule has 0 aliphatic heterocycles. The maximum Gasteiger partial charge on any atom is 0.343 e. The summed E-state index contributed by atoms with van der Waals surface area (Å²) < 4.78 is 23.5. The molecule has 0 heterocycles. The van der Waals surface area contributed by atoms with Crippen molar-refractivity contribution in [3.05, 3.63) is 95.3 Å². The van der Waals surface area contributed by atoms with Crippen LogP contribution in [0.5, 0.6) is 11.5 Å². The highest BCUT2D eigenvalue weighted by Gasteiger charge is 2.13. The average molecular weight is 392 g/mol. The third kappa shape index (κ3) is 5.26. The number of carbonyl (C=O) groups is 2. The zero-order valence-electron chi connectivity index (χ0n) is 15.5. The van der Waals surface area contributed by atoms with Crippen LogP contribution in [0.25, 0.3) is 0 Å². The van der Waals surface area contributed by atoms with Crippen molar-refractivity contribution in [3.63, 3.8) is 0 Å². The molecule has 0 atom stereocenters. The van der Waals surface area contributed by atoms with Crippen molar-refractivity contribution in [1.82, 2.24) is 5.43 Å². The first-order valence-corrected chi connectivity index (χ1v) is 8.61. The fourth-order valence-corrected chi connectivity index (χ4v) is 2.41. The standard InChI is InChI=1S/C22H17FN2O4/c1-28-20-13-15(14-24-25-21(26)16-5-3-2-4-6-16)7-12-19(20)29-22(27)17-8-10-18(23)11-9-17/h2-14H,1H3,(H,25,26)/b24-14-. The van der Waals surface area contributed by atoms with Crippen LogP contribution in [0.2, 0.25) is 0 Å². The molecule has 0 fully saturated rings. The first kappa shape index (κ1) is 19.8. The number of hydrazone groups is 1. The largest absolute Gasteiger partial charge is 0.493 e. The molecule has 0 saturated heterocycles. The molecule has 29 heavy (non-hydrogen) atoms. The summed E-state index contributed by atoms with van der Waals surface area (Å²) >= 11 is 0. The SMILES string of the molecule is COc1cc(/C=N\NC(=O)c2ccccc2)ccc1OC(=O)c1ccc(F)cc1. The van der Waals surface area contributed by atoms with Gasteiger partial charge in [-0.3, -0.25) is 4.79 Å². The highest BCUT2D eigenvalue weighted by Crippen LogP contribution is 2.28. The van der Waals surface area contributed by atoms with E-state index in [0.717, 1.165) is 0 Å². The van der Waals surface area contributed by atoms with Gasteiger partial charge in [-0.25, -0.2) is 14.6 Å². The summed E-state index contributed by atoms with van der Waals surface area (Å²) in [6.07, 6.45) is 1.44. The molecule has 0 bridgehead atoms. The number of rotatable bonds is 6. The van der Waals surface area contributed by atoms with Crippen LogP contribution in [0, 0.1) is 5.82 Å². The molecule has 0 spiro atoms. The Labute approximate surface area is 166 Å². The van der Waals surface area contributed by atoms with Crippen molar-refractivity contribution >= 4 is 18.1 Å². The van der Waals surface area contributed by atoms with Gasteiger partial charge in [0.05, 0.1) is 18.9 Å². The van der Waals surface area contributed by atoms with Crippen LogP contribution in [-0.4, -0.2) is 25.2 Å². The highest BCUT2D eigenvalue weighted by atomic mass is 19.1. The third-order valence-electron chi connectivity index (χ3n) is 3.89. The molecule has 0 aliphatic carbocycles. The van der Waals surface area contributed by atoms with Crippen LogP contribution < -0.4 is 14.9 Å². The third-order valence-corrected chi connectivity index (χ3v) is 3.89. The summed E-state index contributed by atoms with van der Waals surface area (Å²) in [4.78, 5) is 24.1. The summed E-state index contributed by atoms with van der Waals surface area (Å²) in [6, 6.07) is 18.5. The van der Waals surface area contributed by atoms with Crippen LogP contribution in [-0.2, 0) is 0 Å². The van der Waals surface area contributed by atoms with Gasteiger partial charge >= 0.3 is 5.97 Å². The second-order valence-corrected chi connectivity index (χ2v) is 5.87. The Morgan fingerprint density at radius 1 is 0.931 bits per heavy atom. The Hall–Kier alpha value is -4.00. The summed E-state index contributed by atoms with van der Waals surface area (Å²) in [5, 5.41) is 3.92. The van der Waals surface area contributed by atoms with Gasteiger partial charge in [0.25, 0.3) is 5.91 Å². The second kappa shape index (κ2) is 9.27. The van der Waals surface area contributed by atoms with Crippen molar-refractivity contribution in [2.45, 2.75) is 0 Å². The Morgan fingerprint density at radius 2 is 1.66 bits per heavy atom. The van der Waals surface area contributed by atoms with Gasteiger partial charge in [0.15, 0.2) is 11.5 Å². The van der Waals surface area contributed by atoms with Gasteiger partial charge in [-0.05, 0) is 60.2 Å². The van der Waals surface area contributed by atoms with E-state index in [1.54, 1.807) is 42.5 Å². The Kier molecular flexibility index (Phi) is 6.32. The smallest absolute Gasteiger partial charge is 0.343 e. The van der Waals surface area contributed by atoms with Crippen molar-refractivity contribution < 1.29 is 23.5 Å². The number of hydrogen-bond acceptors (Lipinski definition) is 5. The number of ether oxygens (including phenoxy) is 2. The second-order valence-electron chi connectivity index (χ2n) is 5.87. The fourth-order valence-electron chi connectivity index (χ4n) is 2.41. The van der Waals surface area contributed by atoms with Crippen molar-refractivity contribution in [1.29, 1.82) is 0 Å². The number of methoxy groups -OCH3 is 1. The lowest BCUT2D eigenvalue weighted by Gasteiger charge is -2.10. The quantitative estimate of drug-likeness (QED) is 0.299. The molecule has 1 amide bonds. The van der Waals surface area contributed by atoms with Crippen LogP contribution >= 0.6 is 0 Å². The number of amides is 1. The molecule has 0 saturated carbocycles. The minimum absolute atomic E-state index is 0.201. The van der Waals surface area contributed by atoms with E-state index in [9.17, 15) is 14.0 Å². The molecule has 0 aromatic heterocycles. The van der Waals surface area contributed by atoms with E-state index >= 15 is 0 Å². The summed E-state index contributed by atoms with van der Waals surface area (Å²) in [7, 11) is 1.43. The van der Waals surface area contributed by atoms with E-state index in [-0.39, 0.29) is 17.2 Å². The van der Waals surface area contributed by atoms with E-state index < -0.39 is 11.8 Å². The maximum atomic E-state index is 13.0. The van der Waals surface area contributed by atoms with Crippen molar-refractivity contribution in [2.24, 2.45) is 5.10 Å². The maximum absolute atomic E-state index is 13.0. The van der Waals surface area contributed by atoms with Crippen LogP contribution in [0.4, 0.5) is 4.39 Å². The van der Waals surface area contributed by atoms with Gasteiger partial charge in [-0.15, -0.1) is 0 Å². The molecule has 0 aliphatic rings. The zero-order chi connectivity index (χ0) is 20.6. The number of carbonyl (C=O) groups excluding carboxylic acids is 2. The molecule has 3 aromatic carbocycles. The number of nitrogens with one attached hydrogen (secondary N) is 1. The van der Waals surface area contributed by atoms with Gasteiger partial charge in [-0.2, -0.15) is 5.10 Å². The number of benzene rings is 3. The summed E-state index contributed by atoms with van der Waals surface area (Å²) in [6.45, 7) is 0. The highest BCUT2D eigenvalue weighted by molar-refractivity contribution is 5.95. The lowest BCUT2D eigenvalue weighted by Crippen LogP contribution is -2.17. The molecular formula is C22H17FN2O4. The van der Waals surface area contributed by atoms with Gasteiger partial charge < -0.3 is 9.47 Å². The summed E-state index contributed by atoms with van der Waals surface area (Å²) in [5.41, 5.74) is 3.76. The normalized spacial score (nSPS) is 10.6. The predicted octanol–water partition coefficient (Wildman–Crippen LogP) is 3.82. The van der Waals surface area contributed by atoms with Gasteiger partial charge in [0.1, 0.15) is 5.82 Å².